The van der Waals surface area contributed by atoms with Gasteiger partial charge in [0, 0.05) is 23.0 Å². The highest BCUT2D eigenvalue weighted by molar-refractivity contribution is 6.38. The highest BCUT2D eigenvalue weighted by Crippen LogP contribution is 2.35. The lowest BCUT2D eigenvalue weighted by atomic mass is 9.95. The Morgan fingerprint density at radius 2 is 1.77 bits per heavy atom. The third kappa shape index (κ3) is 2.07. The molecule has 7 heteroatoms. The van der Waals surface area contributed by atoms with Gasteiger partial charge in [-0.2, -0.15) is 0 Å². The van der Waals surface area contributed by atoms with Gasteiger partial charge in [0.25, 0.3) is 0 Å². The number of aromatic hydroxyl groups is 1. The van der Waals surface area contributed by atoms with E-state index in [9.17, 15) is 5.11 Å². The minimum absolute atomic E-state index is 0.162. The molecule has 0 spiro atoms. The molecule has 2 radical (unpaired) electrons. The number of benzene rings is 3. The molecule has 0 fully saturated rings. The summed E-state index contributed by atoms with van der Waals surface area (Å²) >= 11 is 0. The van der Waals surface area contributed by atoms with E-state index in [1.807, 2.05) is 63.6 Å². The van der Waals surface area contributed by atoms with Gasteiger partial charge in [0.1, 0.15) is 19.2 Å². The number of pyridine rings is 1. The minimum atomic E-state index is 0.162. The molecule has 4 aromatic heterocycles. The van der Waals surface area contributed by atoms with Crippen LogP contribution in [0.1, 0.15) is 0 Å². The van der Waals surface area contributed by atoms with Crippen molar-refractivity contribution in [3.05, 3.63) is 72.9 Å². The van der Waals surface area contributed by atoms with Crippen LogP contribution in [0.15, 0.2) is 77.3 Å². The lowest BCUT2D eigenvalue weighted by Crippen LogP contribution is -2.03. The van der Waals surface area contributed by atoms with Crippen LogP contribution in [0, 0.1) is 0 Å². The van der Waals surface area contributed by atoms with E-state index in [-0.39, 0.29) is 5.75 Å². The molecule has 0 atom stereocenters. The molecule has 0 amide bonds. The normalized spacial score (nSPS) is 12.1. The molecule has 0 saturated heterocycles. The molecule has 3 aromatic carbocycles. The lowest BCUT2D eigenvalue weighted by Gasteiger charge is -2.05. The van der Waals surface area contributed by atoms with E-state index in [0.717, 1.165) is 38.4 Å². The van der Waals surface area contributed by atoms with Crippen molar-refractivity contribution in [3.63, 3.8) is 0 Å². The lowest BCUT2D eigenvalue weighted by molar-refractivity contribution is 0.476. The van der Waals surface area contributed by atoms with E-state index in [1.165, 1.54) is 0 Å². The van der Waals surface area contributed by atoms with Crippen LogP contribution in [0.4, 0.5) is 0 Å². The molecule has 0 unspecified atom stereocenters. The van der Waals surface area contributed by atoms with Gasteiger partial charge >= 0.3 is 0 Å². The summed E-state index contributed by atoms with van der Waals surface area (Å²) in [6.45, 7) is 0. The SMILES string of the molecule is [B]c1cccc2c1nc1n(-c3nccc4c3oc3ccccc34)c3cc(O)ccc3n21. The maximum Gasteiger partial charge on any atom is 0.222 e. The van der Waals surface area contributed by atoms with Crippen molar-refractivity contribution in [2.75, 3.05) is 0 Å². The second-order valence-corrected chi connectivity index (χ2v) is 7.58. The Morgan fingerprint density at radius 1 is 0.871 bits per heavy atom. The molecule has 4 heterocycles. The largest absolute Gasteiger partial charge is 0.508 e. The first-order valence-electron chi connectivity index (χ1n) is 9.87. The van der Waals surface area contributed by atoms with E-state index >= 15 is 0 Å². The molecule has 144 valence electrons. The van der Waals surface area contributed by atoms with Gasteiger partial charge in [-0.25, -0.2) is 9.97 Å². The fourth-order valence-electron chi connectivity index (χ4n) is 4.49. The van der Waals surface area contributed by atoms with E-state index in [0.29, 0.717) is 22.6 Å². The summed E-state index contributed by atoms with van der Waals surface area (Å²) in [4.78, 5) is 9.53. The molecule has 0 aliphatic rings. The van der Waals surface area contributed by atoms with Crippen molar-refractivity contribution in [2.45, 2.75) is 0 Å². The van der Waals surface area contributed by atoms with Crippen molar-refractivity contribution >= 4 is 63.1 Å². The smallest absolute Gasteiger partial charge is 0.222 e. The van der Waals surface area contributed by atoms with Crippen LogP contribution in [0.25, 0.3) is 55.6 Å². The minimum Gasteiger partial charge on any atom is -0.508 e. The number of hydrogen-bond donors (Lipinski definition) is 1. The van der Waals surface area contributed by atoms with Gasteiger partial charge in [-0.05, 0) is 30.3 Å². The van der Waals surface area contributed by atoms with Crippen molar-refractivity contribution in [2.24, 2.45) is 0 Å². The summed E-state index contributed by atoms with van der Waals surface area (Å²) in [6, 6.07) is 20.8. The second-order valence-electron chi connectivity index (χ2n) is 7.58. The van der Waals surface area contributed by atoms with Crippen molar-refractivity contribution in [1.82, 2.24) is 18.9 Å². The second kappa shape index (κ2) is 5.67. The monoisotopic (exact) mass is 400 g/mol. The van der Waals surface area contributed by atoms with Gasteiger partial charge in [0.05, 0.1) is 22.1 Å². The number of phenols is 1. The summed E-state index contributed by atoms with van der Waals surface area (Å²) < 4.78 is 10.2. The number of rotatable bonds is 1. The van der Waals surface area contributed by atoms with E-state index < -0.39 is 0 Å². The van der Waals surface area contributed by atoms with E-state index in [2.05, 4.69) is 4.98 Å². The zero-order chi connectivity index (χ0) is 20.7. The number of phenolic OH excluding ortho intramolecular Hbond substituents is 1. The highest BCUT2D eigenvalue weighted by Gasteiger charge is 2.22. The Labute approximate surface area is 176 Å². The number of furan rings is 1. The Hall–Kier alpha value is -4.26. The fraction of sp³-hybridized carbons (Fsp3) is 0. The number of nitrogens with zero attached hydrogens (tertiary/aromatic N) is 4. The molecular formula is C24H13BN4O2. The predicted molar refractivity (Wildman–Crippen MR) is 122 cm³/mol. The van der Waals surface area contributed by atoms with Crippen molar-refractivity contribution in [3.8, 4) is 11.6 Å². The quantitative estimate of drug-likeness (QED) is 0.419. The summed E-state index contributed by atoms with van der Waals surface area (Å²) in [5.74, 6) is 1.41. The molecule has 0 saturated carbocycles. The van der Waals surface area contributed by atoms with Gasteiger partial charge in [-0.1, -0.05) is 35.8 Å². The predicted octanol–water partition coefficient (Wildman–Crippen LogP) is 4.23. The van der Waals surface area contributed by atoms with Crippen molar-refractivity contribution in [1.29, 1.82) is 0 Å². The Balaban J connectivity index is 1.72. The molecular weight excluding hydrogens is 387 g/mol. The fourth-order valence-corrected chi connectivity index (χ4v) is 4.49. The number of fused-ring (bicyclic) bond motifs is 8. The van der Waals surface area contributed by atoms with Gasteiger partial charge < -0.3 is 9.52 Å². The molecule has 0 bridgehead atoms. The van der Waals surface area contributed by atoms with E-state index in [4.69, 9.17) is 17.2 Å². The number of imidazole rings is 2. The van der Waals surface area contributed by atoms with Gasteiger partial charge in [0.2, 0.25) is 5.78 Å². The Bertz CT molecular complexity index is 1830. The summed E-state index contributed by atoms with van der Waals surface area (Å²) in [6.07, 6.45) is 1.77. The number of para-hydroxylation sites is 2. The Kier molecular flexibility index (Phi) is 3.02. The maximum absolute atomic E-state index is 10.2. The number of hydrogen-bond acceptors (Lipinski definition) is 4. The van der Waals surface area contributed by atoms with Crippen LogP contribution in [0.5, 0.6) is 5.75 Å². The first-order chi connectivity index (χ1) is 15.2. The standard InChI is InChI=1S/C24H13BN4O2/c25-16-5-3-6-18-21(16)27-24-28(18)17-9-8-13(30)12-19(17)29(24)23-22-15(10-11-26-23)14-4-1-2-7-20(14)31-22/h1-12,30H. The average molecular weight is 400 g/mol. The zero-order valence-corrected chi connectivity index (χ0v) is 16.1. The maximum atomic E-state index is 10.2. The summed E-state index contributed by atoms with van der Waals surface area (Å²) in [5.41, 5.74) is 5.32. The van der Waals surface area contributed by atoms with E-state index in [1.54, 1.807) is 18.3 Å². The molecule has 7 rings (SSSR count). The van der Waals surface area contributed by atoms with Gasteiger partial charge in [0.15, 0.2) is 11.4 Å². The summed E-state index contributed by atoms with van der Waals surface area (Å²) in [5, 5.41) is 12.2. The molecule has 7 aromatic rings. The first kappa shape index (κ1) is 16.5. The highest BCUT2D eigenvalue weighted by atomic mass is 16.3. The third-order valence-corrected chi connectivity index (χ3v) is 5.83. The molecule has 0 aliphatic carbocycles. The first-order valence-corrected chi connectivity index (χ1v) is 9.87. The van der Waals surface area contributed by atoms with Crippen LogP contribution in [-0.2, 0) is 0 Å². The molecule has 6 nitrogen and oxygen atoms in total. The van der Waals surface area contributed by atoms with Crippen LogP contribution in [0.3, 0.4) is 0 Å². The zero-order valence-electron chi connectivity index (χ0n) is 16.1. The van der Waals surface area contributed by atoms with Crippen LogP contribution in [-0.4, -0.2) is 31.9 Å². The molecule has 31 heavy (non-hydrogen) atoms. The molecule has 0 aliphatic heterocycles. The van der Waals surface area contributed by atoms with Gasteiger partial charge in [-0.3, -0.25) is 8.97 Å². The number of aromatic nitrogens is 4. The Morgan fingerprint density at radius 3 is 2.71 bits per heavy atom. The van der Waals surface area contributed by atoms with Crippen LogP contribution in [0.2, 0.25) is 0 Å². The molecule has 1 N–H and O–H groups in total. The summed E-state index contributed by atoms with van der Waals surface area (Å²) in [7, 11) is 6.22. The van der Waals surface area contributed by atoms with Crippen LogP contribution >= 0.6 is 0 Å². The average Bonchev–Trinajstić information content (AvgIpc) is 3.43. The van der Waals surface area contributed by atoms with Crippen molar-refractivity contribution < 1.29 is 9.52 Å². The van der Waals surface area contributed by atoms with Gasteiger partial charge in [-0.15, -0.1) is 0 Å². The van der Waals surface area contributed by atoms with Crippen LogP contribution < -0.4 is 5.46 Å². The third-order valence-electron chi connectivity index (χ3n) is 5.83. The topological polar surface area (TPSA) is 68.5 Å².